The molecule has 1 unspecified atom stereocenters. The summed E-state index contributed by atoms with van der Waals surface area (Å²) in [5, 5.41) is 18.4. The molecule has 3 atom stereocenters. The molecule has 3 rings (SSSR count). The molecule has 2 aliphatic rings. The molecule has 160 valence electrons. The molecular weight excluding hydrogens is 438 g/mol. The number of oxime groups is 1. The van der Waals surface area contributed by atoms with Crippen LogP contribution in [0.4, 0.5) is 5.13 Å². The van der Waals surface area contributed by atoms with E-state index < -0.39 is 41.2 Å². The van der Waals surface area contributed by atoms with E-state index in [1.54, 1.807) is 0 Å². The summed E-state index contributed by atoms with van der Waals surface area (Å²) in [6.07, 6.45) is 0. The topological polar surface area (TPSA) is 174 Å². The van der Waals surface area contributed by atoms with Gasteiger partial charge in [0.25, 0.3) is 5.91 Å². The fourth-order valence-corrected chi connectivity index (χ4v) is 4.67. The number of fused-ring (bicyclic) bond motifs is 1. The molecule has 3 heterocycles. The van der Waals surface area contributed by atoms with Gasteiger partial charge in [-0.15, -0.1) is 23.1 Å². The fraction of sp³-hybridized carbons (Fsp3) is 0.375. The van der Waals surface area contributed by atoms with Crippen LogP contribution in [-0.2, 0) is 28.8 Å². The third kappa shape index (κ3) is 4.09. The maximum atomic E-state index is 12.7. The van der Waals surface area contributed by atoms with Gasteiger partial charge in [-0.05, 0) is 5.41 Å². The molecule has 30 heavy (non-hydrogen) atoms. The van der Waals surface area contributed by atoms with Crippen molar-refractivity contribution in [3.63, 3.8) is 0 Å². The van der Waals surface area contributed by atoms with Crippen LogP contribution in [0, 0.1) is 0 Å². The number of aromatic nitrogens is 1. The third-order valence-electron chi connectivity index (χ3n) is 4.19. The Bertz CT molecular complexity index is 960. The number of ether oxygens (including phenoxy) is 1. The van der Waals surface area contributed by atoms with E-state index in [2.05, 4.69) is 20.3 Å². The first-order valence-electron chi connectivity index (χ1n) is 8.40. The predicted molar refractivity (Wildman–Crippen MR) is 106 cm³/mol. The fourth-order valence-electron chi connectivity index (χ4n) is 2.92. The van der Waals surface area contributed by atoms with Crippen molar-refractivity contribution in [3.8, 4) is 0 Å². The standard InChI is InChI=1S/C16H17N5O7S2/c1-6(22)28-3-7-4-29-14-10(13(24)21(14)11(7)15(25)26)19-12(23)9(20-27-2)8-5-30-16(17)18-8/h4-5,10-11,14H,3H2,1-2H3,(H2,17,18)(H,19,23)(H,25,26)/b20-9-/t10-,11?,14-/m1/s1. The summed E-state index contributed by atoms with van der Waals surface area (Å²) < 4.78 is 4.87. The summed E-state index contributed by atoms with van der Waals surface area (Å²) in [5.41, 5.74) is 5.86. The Kier molecular flexibility index (Phi) is 6.26. The summed E-state index contributed by atoms with van der Waals surface area (Å²) >= 11 is 2.25. The molecule has 1 aromatic rings. The number of hydrogen-bond donors (Lipinski definition) is 3. The van der Waals surface area contributed by atoms with Crippen molar-refractivity contribution in [1.82, 2.24) is 15.2 Å². The van der Waals surface area contributed by atoms with Crippen molar-refractivity contribution in [1.29, 1.82) is 0 Å². The molecule has 1 saturated heterocycles. The maximum Gasteiger partial charge on any atom is 0.330 e. The van der Waals surface area contributed by atoms with Crippen LogP contribution in [-0.4, -0.2) is 75.6 Å². The summed E-state index contributed by atoms with van der Waals surface area (Å²) in [5.74, 6) is -3.14. The Labute approximate surface area is 178 Å². The van der Waals surface area contributed by atoms with E-state index in [1.165, 1.54) is 24.8 Å². The highest BCUT2D eigenvalue weighted by Crippen LogP contribution is 2.40. The second kappa shape index (κ2) is 8.71. The monoisotopic (exact) mass is 455 g/mol. The number of thiazole rings is 1. The molecule has 0 spiro atoms. The van der Waals surface area contributed by atoms with Crippen LogP contribution in [0.3, 0.4) is 0 Å². The van der Waals surface area contributed by atoms with Crippen molar-refractivity contribution >= 4 is 57.7 Å². The zero-order chi connectivity index (χ0) is 22.0. The molecule has 14 heteroatoms. The lowest BCUT2D eigenvalue weighted by Crippen LogP contribution is -2.74. The normalized spacial score (nSPS) is 23.1. The van der Waals surface area contributed by atoms with Crippen LogP contribution in [0.1, 0.15) is 12.6 Å². The largest absolute Gasteiger partial charge is 0.479 e. The number of aliphatic carboxylic acids is 1. The first-order chi connectivity index (χ1) is 14.2. The van der Waals surface area contributed by atoms with Gasteiger partial charge >= 0.3 is 11.9 Å². The lowest BCUT2D eigenvalue weighted by molar-refractivity contribution is -0.160. The Balaban J connectivity index is 1.76. The molecule has 0 radical (unpaired) electrons. The zero-order valence-corrected chi connectivity index (χ0v) is 17.4. The highest BCUT2D eigenvalue weighted by molar-refractivity contribution is 8.03. The van der Waals surface area contributed by atoms with Crippen LogP contribution in [0.25, 0.3) is 0 Å². The van der Waals surface area contributed by atoms with Crippen molar-refractivity contribution in [3.05, 3.63) is 22.1 Å². The number of carbonyl (C=O) groups excluding carboxylic acids is 3. The van der Waals surface area contributed by atoms with E-state index >= 15 is 0 Å². The number of carboxylic acid groups (broad SMARTS) is 1. The minimum Gasteiger partial charge on any atom is -0.479 e. The van der Waals surface area contributed by atoms with Crippen molar-refractivity contribution in [2.75, 3.05) is 19.5 Å². The number of rotatable bonds is 7. The van der Waals surface area contributed by atoms with Gasteiger partial charge in [0.05, 0.1) is 0 Å². The first-order valence-corrected chi connectivity index (χ1v) is 10.2. The lowest BCUT2D eigenvalue weighted by Gasteiger charge is -2.51. The molecule has 2 aliphatic heterocycles. The molecule has 0 aliphatic carbocycles. The summed E-state index contributed by atoms with van der Waals surface area (Å²) in [6.45, 7) is 0.952. The zero-order valence-electron chi connectivity index (χ0n) is 15.7. The van der Waals surface area contributed by atoms with Gasteiger partial charge in [-0.25, -0.2) is 9.78 Å². The van der Waals surface area contributed by atoms with E-state index in [9.17, 15) is 24.3 Å². The molecule has 0 aromatic carbocycles. The molecule has 0 saturated carbocycles. The van der Waals surface area contributed by atoms with Crippen LogP contribution >= 0.6 is 23.1 Å². The Hall–Kier alpha value is -3.13. The van der Waals surface area contributed by atoms with Crippen LogP contribution < -0.4 is 11.1 Å². The average molecular weight is 455 g/mol. The number of carboxylic acids is 1. The summed E-state index contributed by atoms with van der Waals surface area (Å²) in [4.78, 5) is 57.9. The van der Waals surface area contributed by atoms with Crippen molar-refractivity contribution in [2.45, 2.75) is 24.4 Å². The average Bonchev–Trinajstić information content (AvgIpc) is 3.13. The molecular formula is C16H17N5O7S2. The number of thioether (sulfide) groups is 1. The van der Waals surface area contributed by atoms with Gasteiger partial charge in [0.15, 0.2) is 16.9 Å². The second-order valence-corrected chi connectivity index (χ2v) is 8.01. The van der Waals surface area contributed by atoms with Gasteiger partial charge in [-0.3, -0.25) is 14.4 Å². The number of β-lactam (4-membered cyclic amide) rings is 1. The maximum absolute atomic E-state index is 12.7. The Morgan fingerprint density at radius 3 is 2.73 bits per heavy atom. The molecule has 4 N–H and O–H groups in total. The SMILES string of the molecule is CO/N=C(\C(=O)N[C@@H]1C(=O)N2C(C(=O)O)C(COC(C)=O)=CS[C@H]12)c1csc(N)n1. The number of hydrogen-bond acceptors (Lipinski definition) is 11. The number of nitrogen functional groups attached to an aromatic ring is 1. The minimum absolute atomic E-state index is 0.168. The number of esters is 1. The predicted octanol–water partition coefficient (Wildman–Crippen LogP) is -0.624. The highest BCUT2D eigenvalue weighted by atomic mass is 32.2. The van der Waals surface area contributed by atoms with Crippen LogP contribution in [0.15, 0.2) is 21.5 Å². The van der Waals surface area contributed by atoms with E-state index in [0.29, 0.717) is 0 Å². The first kappa shape index (κ1) is 21.6. The van der Waals surface area contributed by atoms with Gasteiger partial charge in [0, 0.05) is 17.9 Å². The summed E-state index contributed by atoms with van der Waals surface area (Å²) in [6, 6.07) is -2.27. The van der Waals surface area contributed by atoms with E-state index in [1.807, 2.05) is 0 Å². The third-order valence-corrected chi connectivity index (χ3v) is 6.08. The van der Waals surface area contributed by atoms with E-state index in [0.717, 1.165) is 28.0 Å². The molecule has 12 nitrogen and oxygen atoms in total. The minimum atomic E-state index is -1.29. The number of nitrogens with two attached hydrogens (primary N) is 1. The van der Waals surface area contributed by atoms with E-state index in [4.69, 9.17) is 10.5 Å². The number of nitrogens with zero attached hydrogens (tertiary/aromatic N) is 3. The molecule has 2 amide bonds. The van der Waals surface area contributed by atoms with Crippen LogP contribution in [0.5, 0.6) is 0 Å². The van der Waals surface area contributed by atoms with Crippen molar-refractivity contribution < 1.29 is 33.9 Å². The molecule has 0 bridgehead atoms. The van der Waals surface area contributed by atoms with Gasteiger partial charge in [-0.1, -0.05) is 5.16 Å². The van der Waals surface area contributed by atoms with Crippen molar-refractivity contribution in [2.24, 2.45) is 5.16 Å². The highest BCUT2D eigenvalue weighted by Gasteiger charge is 2.56. The van der Waals surface area contributed by atoms with Gasteiger partial charge in [-0.2, -0.15) is 0 Å². The number of nitrogens with one attached hydrogen (secondary N) is 1. The molecule has 1 fully saturated rings. The Morgan fingerprint density at radius 1 is 1.43 bits per heavy atom. The summed E-state index contributed by atoms with van der Waals surface area (Å²) in [7, 11) is 1.25. The van der Waals surface area contributed by atoms with Gasteiger partial charge in [0.2, 0.25) is 5.91 Å². The second-order valence-electron chi connectivity index (χ2n) is 6.13. The number of anilines is 1. The Morgan fingerprint density at radius 2 is 2.17 bits per heavy atom. The van der Waals surface area contributed by atoms with E-state index in [-0.39, 0.29) is 28.7 Å². The molecule has 1 aromatic heterocycles. The number of carbonyl (C=O) groups is 4. The van der Waals surface area contributed by atoms with Gasteiger partial charge in [0.1, 0.15) is 30.8 Å². The van der Waals surface area contributed by atoms with Crippen LogP contribution in [0.2, 0.25) is 0 Å². The quantitative estimate of drug-likeness (QED) is 0.208. The lowest BCUT2D eigenvalue weighted by atomic mass is 9.98. The number of amides is 2. The van der Waals surface area contributed by atoms with Gasteiger partial charge < -0.3 is 30.6 Å². The smallest absolute Gasteiger partial charge is 0.330 e.